The van der Waals surface area contributed by atoms with E-state index in [0.717, 1.165) is 18.6 Å². The molecule has 3 heterocycles. The van der Waals surface area contributed by atoms with E-state index in [9.17, 15) is 0 Å². The molecule has 0 amide bonds. The Balaban J connectivity index is 1.20. The fraction of sp³-hybridized carbons (Fsp3) is 0.429. The maximum Gasteiger partial charge on any atom is 0.494 e. The van der Waals surface area contributed by atoms with Gasteiger partial charge in [0.2, 0.25) is 0 Å². The van der Waals surface area contributed by atoms with Crippen LogP contribution in [0.4, 0.5) is 22.7 Å². The lowest BCUT2D eigenvalue weighted by Crippen LogP contribution is -2.41. The largest absolute Gasteiger partial charge is 0.494 e. The predicted molar refractivity (Wildman–Crippen MR) is 211 cm³/mol. The van der Waals surface area contributed by atoms with Gasteiger partial charge in [0.25, 0.3) is 0 Å². The molecule has 49 heavy (non-hydrogen) atoms. The van der Waals surface area contributed by atoms with Crippen molar-refractivity contribution in [3.05, 3.63) is 78.9 Å². The van der Waals surface area contributed by atoms with E-state index < -0.39 is 0 Å². The van der Waals surface area contributed by atoms with Crippen LogP contribution in [-0.2, 0) is 9.31 Å². The first-order valence-electron chi connectivity index (χ1n) is 18.5. The molecule has 1 saturated heterocycles. The highest BCUT2D eigenvalue weighted by atomic mass is 32.2. The van der Waals surface area contributed by atoms with Gasteiger partial charge in [-0.25, -0.2) is 0 Å². The smallest absolute Gasteiger partial charge is 0.399 e. The number of nitrogens with zero attached hydrogens (tertiary/aromatic N) is 2. The molecule has 256 valence electrons. The Hall–Kier alpha value is -2.84. The van der Waals surface area contributed by atoms with Crippen molar-refractivity contribution >= 4 is 58.9 Å². The number of para-hydroxylation sites is 1. The number of anilines is 4. The molecule has 0 atom stereocenters. The third kappa shape index (κ3) is 6.93. The molecule has 0 radical (unpaired) electrons. The van der Waals surface area contributed by atoms with Gasteiger partial charge >= 0.3 is 7.12 Å². The van der Waals surface area contributed by atoms with Crippen LogP contribution in [0.2, 0.25) is 0 Å². The fourth-order valence-electron chi connectivity index (χ4n) is 7.10. The van der Waals surface area contributed by atoms with Crippen molar-refractivity contribution in [2.45, 2.75) is 124 Å². The first-order valence-corrected chi connectivity index (χ1v) is 20.1. The molecule has 0 N–H and O–H groups in total. The summed E-state index contributed by atoms with van der Waals surface area (Å²) in [6, 6.07) is 29.9. The van der Waals surface area contributed by atoms with Crippen molar-refractivity contribution in [3.63, 3.8) is 0 Å². The van der Waals surface area contributed by atoms with Gasteiger partial charge in [-0.15, -0.1) is 0 Å². The maximum atomic E-state index is 6.46. The Morgan fingerprint density at radius 3 is 1.55 bits per heavy atom. The lowest BCUT2D eigenvalue weighted by Gasteiger charge is -2.34. The van der Waals surface area contributed by atoms with E-state index in [-0.39, 0.29) is 18.3 Å². The van der Waals surface area contributed by atoms with E-state index in [0.29, 0.717) is 0 Å². The van der Waals surface area contributed by atoms with Gasteiger partial charge < -0.3 is 19.1 Å². The van der Waals surface area contributed by atoms with Gasteiger partial charge in [-0.05, 0) is 106 Å². The van der Waals surface area contributed by atoms with Crippen LogP contribution in [0.25, 0.3) is 11.1 Å². The number of rotatable bonds is 12. The zero-order valence-electron chi connectivity index (χ0n) is 30.2. The normalized spacial score (nSPS) is 17.1. The van der Waals surface area contributed by atoms with Crippen LogP contribution in [0.15, 0.2) is 98.4 Å². The minimum Gasteiger partial charge on any atom is -0.399 e. The molecule has 4 aromatic rings. The minimum atomic E-state index is -0.369. The number of hydrogen-bond acceptors (Lipinski definition) is 6. The van der Waals surface area contributed by atoms with Crippen molar-refractivity contribution in [3.8, 4) is 11.1 Å². The highest BCUT2D eigenvalue weighted by Crippen LogP contribution is 2.52. The maximum absolute atomic E-state index is 6.46. The lowest BCUT2D eigenvalue weighted by molar-refractivity contribution is 0.00578. The molecule has 4 aromatic carbocycles. The van der Waals surface area contributed by atoms with Crippen molar-refractivity contribution in [2.24, 2.45) is 0 Å². The second-order valence-electron chi connectivity index (χ2n) is 14.8. The van der Waals surface area contributed by atoms with Crippen LogP contribution >= 0.6 is 23.5 Å². The van der Waals surface area contributed by atoms with E-state index in [1.165, 1.54) is 105 Å². The summed E-state index contributed by atoms with van der Waals surface area (Å²) in [5.41, 5.74) is 8.15. The summed E-state index contributed by atoms with van der Waals surface area (Å²) in [6.07, 6.45) is 9.99. The highest BCUT2D eigenvalue weighted by Gasteiger charge is 2.51. The Labute approximate surface area is 303 Å². The Bertz CT molecular complexity index is 1790. The zero-order chi connectivity index (χ0) is 34.2. The number of unbranched alkanes of at least 4 members (excludes halogenated alkanes) is 6. The van der Waals surface area contributed by atoms with Gasteiger partial charge in [0.15, 0.2) is 0 Å². The van der Waals surface area contributed by atoms with Crippen LogP contribution in [0, 0.1) is 0 Å². The molecule has 7 rings (SSSR count). The molecule has 3 aliphatic rings. The van der Waals surface area contributed by atoms with Gasteiger partial charge in [0, 0.05) is 32.7 Å². The van der Waals surface area contributed by atoms with Gasteiger partial charge in [-0.3, -0.25) is 0 Å². The Morgan fingerprint density at radius 1 is 0.531 bits per heavy atom. The van der Waals surface area contributed by atoms with E-state index >= 15 is 0 Å². The summed E-state index contributed by atoms with van der Waals surface area (Å²) in [5.74, 6) is 0. The second-order valence-corrected chi connectivity index (χ2v) is 16.9. The molecule has 0 unspecified atom stereocenters. The second kappa shape index (κ2) is 14.4. The van der Waals surface area contributed by atoms with E-state index in [4.69, 9.17) is 9.31 Å². The van der Waals surface area contributed by atoms with Gasteiger partial charge in [0.05, 0.1) is 34.0 Å². The van der Waals surface area contributed by atoms with Gasteiger partial charge in [-0.2, -0.15) is 0 Å². The minimum absolute atomic E-state index is 0.366. The highest BCUT2D eigenvalue weighted by molar-refractivity contribution is 8.00. The number of benzene rings is 4. The summed E-state index contributed by atoms with van der Waals surface area (Å²) in [7, 11) is -0.369. The lowest BCUT2D eigenvalue weighted by atomic mass is 9.79. The standard InChI is InChI=1S/C42H51BN2O2S2/c1-7-9-11-15-25-44-33-17-13-14-18-37(33)48-38-27-30(19-22-34(38)44)31-20-23-35-39(28-31)49-40-29-32(43-46-41(3,4)42(5,6)47-43)21-24-36(40)45(35)26-16-12-10-8-2/h13-14,17-24,27-29H,7-12,15-16,25-26H2,1-6H3. The third-order valence-corrected chi connectivity index (χ3v) is 12.9. The quantitative estimate of drug-likeness (QED) is 0.108. The molecular weight excluding hydrogens is 639 g/mol. The molecule has 3 aliphatic heterocycles. The number of hydrogen-bond donors (Lipinski definition) is 0. The molecule has 7 heteroatoms. The van der Waals surface area contributed by atoms with Crippen LogP contribution in [-0.4, -0.2) is 31.4 Å². The van der Waals surface area contributed by atoms with Crippen molar-refractivity contribution in [2.75, 3.05) is 22.9 Å². The average molecular weight is 691 g/mol. The van der Waals surface area contributed by atoms with Crippen molar-refractivity contribution in [1.82, 2.24) is 0 Å². The Kier molecular flexibility index (Phi) is 10.2. The van der Waals surface area contributed by atoms with Gasteiger partial charge in [-0.1, -0.05) is 106 Å². The first-order chi connectivity index (χ1) is 23.7. The number of fused-ring (bicyclic) bond motifs is 4. The molecule has 0 bridgehead atoms. The molecule has 0 aromatic heterocycles. The average Bonchev–Trinajstić information content (AvgIpc) is 3.32. The van der Waals surface area contributed by atoms with Crippen LogP contribution in [0.3, 0.4) is 0 Å². The summed E-state index contributed by atoms with van der Waals surface area (Å²) < 4.78 is 12.9. The molecule has 4 nitrogen and oxygen atoms in total. The van der Waals surface area contributed by atoms with E-state index in [1.54, 1.807) is 0 Å². The molecule has 0 spiro atoms. The van der Waals surface area contributed by atoms with Gasteiger partial charge in [0.1, 0.15) is 0 Å². The summed E-state index contributed by atoms with van der Waals surface area (Å²) in [4.78, 5) is 10.4. The SMILES string of the molecule is CCCCCCN1c2ccccc2Sc2cc(-c3ccc4c(c3)Sc3cc(B5OC(C)(C)C(C)(C)O5)ccc3N4CCCCCC)ccc21. The van der Waals surface area contributed by atoms with Crippen LogP contribution in [0.1, 0.15) is 92.9 Å². The topological polar surface area (TPSA) is 24.9 Å². The van der Waals surface area contributed by atoms with E-state index in [1.807, 2.05) is 23.5 Å². The van der Waals surface area contributed by atoms with E-state index in [2.05, 4.69) is 130 Å². The third-order valence-electron chi connectivity index (χ3n) is 10.7. The molecule has 0 saturated carbocycles. The summed E-state index contributed by atoms with van der Waals surface area (Å²) in [5, 5.41) is 0. The molecular formula is C42H51BN2O2S2. The van der Waals surface area contributed by atoms with Crippen LogP contribution in [0.5, 0.6) is 0 Å². The van der Waals surface area contributed by atoms with Crippen molar-refractivity contribution in [1.29, 1.82) is 0 Å². The van der Waals surface area contributed by atoms with Crippen molar-refractivity contribution < 1.29 is 9.31 Å². The monoisotopic (exact) mass is 690 g/mol. The summed E-state index contributed by atoms with van der Waals surface area (Å²) in [6.45, 7) is 15.1. The van der Waals surface area contributed by atoms with Crippen LogP contribution < -0.4 is 15.3 Å². The molecule has 1 fully saturated rings. The Morgan fingerprint density at radius 2 is 1.00 bits per heavy atom. The molecule has 0 aliphatic carbocycles. The fourth-order valence-corrected chi connectivity index (χ4v) is 9.41. The summed E-state index contributed by atoms with van der Waals surface area (Å²) >= 11 is 3.78. The first kappa shape index (κ1) is 34.6. The zero-order valence-corrected chi connectivity index (χ0v) is 31.8. The predicted octanol–water partition coefficient (Wildman–Crippen LogP) is 12.0.